The Hall–Kier alpha value is -1.56. The van der Waals surface area contributed by atoms with Crippen LogP contribution in [-0.2, 0) is 6.67 Å². The summed E-state index contributed by atoms with van der Waals surface area (Å²) in [6.07, 6.45) is 3.64. The van der Waals surface area contributed by atoms with Gasteiger partial charge in [-0.3, -0.25) is 19.2 Å². The normalized spacial score (nSPS) is 25.2. The lowest BCUT2D eigenvalue weighted by Gasteiger charge is -2.46. The van der Waals surface area contributed by atoms with Gasteiger partial charge in [0.2, 0.25) is 5.95 Å². The molecule has 7 heteroatoms. The van der Waals surface area contributed by atoms with Crippen molar-refractivity contribution in [3.63, 3.8) is 0 Å². The molecule has 1 saturated carbocycles. The maximum atomic E-state index is 13.1. The first-order valence-electron chi connectivity index (χ1n) is 10.3. The van der Waals surface area contributed by atoms with Crippen molar-refractivity contribution in [3.8, 4) is 0 Å². The highest BCUT2D eigenvalue weighted by Crippen LogP contribution is 2.38. The minimum atomic E-state index is 0.0174. The van der Waals surface area contributed by atoms with Crippen LogP contribution in [-0.4, -0.2) is 27.2 Å². The first-order chi connectivity index (χ1) is 13.8. The summed E-state index contributed by atoms with van der Waals surface area (Å²) in [5.41, 5.74) is 2.29. The number of nitrogens with zero attached hydrogens (tertiary/aromatic N) is 4. The molecule has 5 nitrogen and oxygen atoms in total. The van der Waals surface area contributed by atoms with E-state index in [-0.39, 0.29) is 5.56 Å². The van der Waals surface area contributed by atoms with Crippen LogP contribution < -0.4 is 10.5 Å². The fourth-order valence-electron chi connectivity index (χ4n) is 4.71. The second-order valence-electron chi connectivity index (χ2n) is 8.59. The number of hydrogen-bond donors (Lipinski definition) is 0. The van der Waals surface area contributed by atoms with Gasteiger partial charge in [-0.1, -0.05) is 49.9 Å². The molecule has 3 unspecified atom stereocenters. The van der Waals surface area contributed by atoms with E-state index >= 15 is 0 Å². The highest BCUT2D eigenvalue weighted by molar-refractivity contribution is 6.36. The molecule has 1 aromatic carbocycles. The van der Waals surface area contributed by atoms with Crippen molar-refractivity contribution in [3.05, 3.63) is 49.9 Å². The molecule has 0 N–H and O–H groups in total. The molecule has 1 aliphatic carbocycles. The SMILES string of the molecule is Cc1nc2n(c(=O)c1C)CN(C1CCCC(C)C1C)CN2c1ccc(Cl)cc1Cl. The van der Waals surface area contributed by atoms with Gasteiger partial charge in [-0.2, -0.15) is 0 Å². The number of aromatic nitrogens is 2. The Bertz CT molecular complexity index is 990. The average molecular weight is 435 g/mol. The Morgan fingerprint density at radius 3 is 2.59 bits per heavy atom. The topological polar surface area (TPSA) is 41.4 Å². The van der Waals surface area contributed by atoms with Gasteiger partial charge in [-0.15, -0.1) is 0 Å². The Kier molecular flexibility index (Phi) is 5.66. The third-order valence-corrected chi connectivity index (χ3v) is 7.38. The number of rotatable bonds is 2. The highest BCUT2D eigenvalue weighted by atomic mass is 35.5. The summed E-state index contributed by atoms with van der Waals surface area (Å²) in [6.45, 7) is 9.62. The largest absolute Gasteiger partial charge is 0.297 e. The maximum absolute atomic E-state index is 13.1. The Morgan fingerprint density at radius 2 is 1.86 bits per heavy atom. The molecular weight excluding hydrogens is 407 g/mol. The highest BCUT2D eigenvalue weighted by Gasteiger charge is 2.36. The third-order valence-electron chi connectivity index (χ3n) is 6.84. The van der Waals surface area contributed by atoms with Crippen molar-refractivity contribution in [2.75, 3.05) is 11.6 Å². The molecule has 3 atom stereocenters. The van der Waals surface area contributed by atoms with Crippen molar-refractivity contribution in [2.45, 2.75) is 59.7 Å². The van der Waals surface area contributed by atoms with E-state index in [4.69, 9.17) is 28.2 Å². The quantitative estimate of drug-likeness (QED) is 0.637. The van der Waals surface area contributed by atoms with Crippen LogP contribution in [0.25, 0.3) is 0 Å². The van der Waals surface area contributed by atoms with E-state index in [9.17, 15) is 4.79 Å². The van der Waals surface area contributed by atoms with Gasteiger partial charge in [0.05, 0.1) is 24.0 Å². The molecule has 29 heavy (non-hydrogen) atoms. The molecule has 2 aromatic rings. The zero-order valence-electron chi connectivity index (χ0n) is 17.5. The lowest BCUT2D eigenvalue weighted by Crippen LogP contribution is -2.54. The summed E-state index contributed by atoms with van der Waals surface area (Å²) in [5.74, 6) is 1.90. The second kappa shape index (κ2) is 7.93. The van der Waals surface area contributed by atoms with Gasteiger partial charge in [-0.05, 0) is 50.3 Å². The molecule has 0 amide bonds. The van der Waals surface area contributed by atoms with Gasteiger partial charge in [0.25, 0.3) is 5.56 Å². The molecule has 0 spiro atoms. The Labute approximate surface area is 182 Å². The van der Waals surface area contributed by atoms with Crippen LogP contribution in [0.15, 0.2) is 23.0 Å². The summed E-state index contributed by atoms with van der Waals surface area (Å²) in [6, 6.07) is 5.91. The number of aryl methyl sites for hydroxylation is 1. The van der Waals surface area contributed by atoms with E-state index in [2.05, 4.69) is 23.6 Å². The summed E-state index contributed by atoms with van der Waals surface area (Å²) in [5, 5.41) is 1.15. The van der Waals surface area contributed by atoms with E-state index in [1.807, 2.05) is 26.0 Å². The molecular formula is C22H28Cl2N4O. The molecule has 2 aliphatic rings. The molecule has 0 radical (unpaired) electrons. The van der Waals surface area contributed by atoms with Crippen molar-refractivity contribution in [2.24, 2.45) is 11.8 Å². The first kappa shape index (κ1) is 20.7. The lowest BCUT2D eigenvalue weighted by molar-refractivity contribution is 0.0492. The van der Waals surface area contributed by atoms with Gasteiger partial charge in [0, 0.05) is 22.3 Å². The van der Waals surface area contributed by atoms with E-state index in [0.29, 0.717) is 52.8 Å². The number of hydrogen-bond acceptors (Lipinski definition) is 4. The molecule has 2 heterocycles. The van der Waals surface area contributed by atoms with E-state index in [1.165, 1.54) is 12.8 Å². The number of fused-ring (bicyclic) bond motifs is 1. The van der Waals surface area contributed by atoms with Crippen LogP contribution in [0, 0.1) is 25.7 Å². The smallest absolute Gasteiger partial charge is 0.259 e. The minimum Gasteiger partial charge on any atom is -0.297 e. The molecule has 0 bridgehead atoms. The van der Waals surface area contributed by atoms with Crippen LogP contribution in [0.1, 0.15) is 44.4 Å². The summed E-state index contributed by atoms with van der Waals surface area (Å²) >= 11 is 12.7. The van der Waals surface area contributed by atoms with Gasteiger partial charge in [0.1, 0.15) is 0 Å². The number of halogens is 2. The van der Waals surface area contributed by atoms with Gasteiger partial charge < -0.3 is 0 Å². The van der Waals surface area contributed by atoms with Crippen LogP contribution in [0.2, 0.25) is 10.0 Å². The first-order valence-corrected chi connectivity index (χ1v) is 11.1. The fourth-order valence-corrected chi connectivity index (χ4v) is 5.22. The molecule has 156 valence electrons. The van der Waals surface area contributed by atoms with Gasteiger partial charge in [0.15, 0.2) is 0 Å². The van der Waals surface area contributed by atoms with E-state index < -0.39 is 0 Å². The van der Waals surface area contributed by atoms with Crippen LogP contribution in [0.5, 0.6) is 0 Å². The molecule has 1 fully saturated rings. The van der Waals surface area contributed by atoms with E-state index in [0.717, 1.165) is 17.8 Å². The average Bonchev–Trinajstić information content (AvgIpc) is 2.68. The zero-order valence-corrected chi connectivity index (χ0v) is 19.0. The Morgan fingerprint density at radius 1 is 1.10 bits per heavy atom. The third kappa shape index (κ3) is 3.69. The van der Waals surface area contributed by atoms with Gasteiger partial charge >= 0.3 is 0 Å². The van der Waals surface area contributed by atoms with Crippen LogP contribution in [0.4, 0.5) is 11.6 Å². The zero-order chi connectivity index (χ0) is 20.9. The predicted octanol–water partition coefficient (Wildman–Crippen LogP) is 5.36. The van der Waals surface area contributed by atoms with Crippen LogP contribution >= 0.6 is 23.2 Å². The lowest BCUT2D eigenvalue weighted by atomic mass is 9.77. The summed E-state index contributed by atoms with van der Waals surface area (Å²) in [7, 11) is 0. The monoisotopic (exact) mass is 434 g/mol. The predicted molar refractivity (Wildman–Crippen MR) is 119 cm³/mol. The van der Waals surface area contributed by atoms with E-state index in [1.54, 1.807) is 10.6 Å². The maximum Gasteiger partial charge on any atom is 0.259 e. The van der Waals surface area contributed by atoms with Crippen LogP contribution in [0.3, 0.4) is 0 Å². The molecule has 4 rings (SSSR count). The van der Waals surface area contributed by atoms with Gasteiger partial charge in [-0.25, -0.2) is 4.98 Å². The number of benzene rings is 1. The number of anilines is 2. The van der Waals surface area contributed by atoms with Crippen molar-refractivity contribution in [1.82, 2.24) is 14.5 Å². The summed E-state index contributed by atoms with van der Waals surface area (Å²) in [4.78, 5) is 22.4. The molecule has 1 aromatic heterocycles. The van der Waals surface area contributed by atoms with Crippen molar-refractivity contribution < 1.29 is 0 Å². The standard InChI is InChI=1S/C22H28Cl2N4O/c1-13-6-5-7-19(14(13)2)26-11-27(20-9-8-17(23)10-18(20)24)22-25-16(4)15(3)21(29)28(22)12-26/h8-10,13-14,19H,5-7,11-12H2,1-4H3. The minimum absolute atomic E-state index is 0.0174. The molecule has 1 aliphatic heterocycles. The molecule has 0 saturated heterocycles. The van der Waals surface area contributed by atoms with Crippen molar-refractivity contribution in [1.29, 1.82) is 0 Å². The Balaban J connectivity index is 1.83. The second-order valence-corrected chi connectivity index (χ2v) is 9.43. The van der Waals surface area contributed by atoms with Crippen molar-refractivity contribution >= 4 is 34.8 Å². The summed E-state index contributed by atoms with van der Waals surface area (Å²) < 4.78 is 1.79. The fraction of sp³-hybridized carbons (Fsp3) is 0.545.